The van der Waals surface area contributed by atoms with Gasteiger partial charge >= 0.3 is 6.18 Å². The van der Waals surface area contributed by atoms with Crippen LogP contribution in [0.4, 0.5) is 17.6 Å². The first-order chi connectivity index (χ1) is 7.98. The maximum absolute atomic E-state index is 13.3. The number of halogens is 4. The number of nitrogens with zero attached hydrogens (tertiary/aromatic N) is 1. The molecular formula is C12H7F4N. The molecule has 0 radical (unpaired) electrons. The highest BCUT2D eigenvalue weighted by atomic mass is 19.4. The molecule has 1 aromatic heterocycles. The van der Waals surface area contributed by atoms with E-state index < -0.39 is 17.6 Å². The van der Waals surface area contributed by atoms with Gasteiger partial charge in [0.25, 0.3) is 0 Å². The summed E-state index contributed by atoms with van der Waals surface area (Å²) in [5.74, 6) is -0.563. The van der Waals surface area contributed by atoms with Crippen molar-refractivity contribution in [2.75, 3.05) is 0 Å². The van der Waals surface area contributed by atoms with Crippen molar-refractivity contribution < 1.29 is 17.6 Å². The number of hydrogen-bond donors (Lipinski definition) is 0. The van der Waals surface area contributed by atoms with Gasteiger partial charge in [-0.25, -0.2) is 4.39 Å². The smallest absolute Gasteiger partial charge is 0.253 e. The lowest BCUT2D eigenvalue weighted by atomic mass is 10.1. The van der Waals surface area contributed by atoms with Gasteiger partial charge in [-0.3, -0.25) is 4.98 Å². The minimum atomic E-state index is -4.39. The normalized spacial score (nSPS) is 11.5. The number of rotatable bonds is 1. The Bertz CT molecular complexity index is 517. The second-order valence-electron chi connectivity index (χ2n) is 3.41. The Morgan fingerprint density at radius 2 is 1.59 bits per heavy atom. The average molecular weight is 241 g/mol. The number of aromatic nitrogens is 1. The topological polar surface area (TPSA) is 12.9 Å². The number of alkyl halides is 3. The molecule has 0 aliphatic heterocycles. The van der Waals surface area contributed by atoms with Crippen LogP contribution < -0.4 is 0 Å². The Hall–Kier alpha value is -1.91. The van der Waals surface area contributed by atoms with Crippen molar-refractivity contribution in [3.8, 4) is 11.3 Å². The van der Waals surface area contributed by atoms with Gasteiger partial charge in [0.15, 0.2) is 0 Å². The lowest BCUT2D eigenvalue weighted by molar-refractivity contribution is -0.137. The summed E-state index contributed by atoms with van der Waals surface area (Å²) in [6, 6.07) is 6.85. The van der Waals surface area contributed by atoms with Crippen molar-refractivity contribution in [2.24, 2.45) is 0 Å². The van der Waals surface area contributed by atoms with E-state index in [9.17, 15) is 17.6 Å². The molecule has 0 unspecified atom stereocenters. The molecule has 0 saturated heterocycles. The minimum absolute atomic E-state index is 0.0428. The molecule has 88 valence electrons. The van der Waals surface area contributed by atoms with Crippen LogP contribution in [0.1, 0.15) is 5.56 Å². The molecule has 2 rings (SSSR count). The molecular weight excluding hydrogens is 234 g/mol. The summed E-state index contributed by atoms with van der Waals surface area (Å²) in [6.45, 7) is 0. The van der Waals surface area contributed by atoms with Gasteiger partial charge in [-0.2, -0.15) is 13.2 Å². The molecule has 0 aliphatic carbocycles. The van der Waals surface area contributed by atoms with Crippen LogP contribution >= 0.6 is 0 Å². The third kappa shape index (κ3) is 2.43. The van der Waals surface area contributed by atoms with Crippen LogP contribution in [0, 0.1) is 5.82 Å². The van der Waals surface area contributed by atoms with Gasteiger partial charge in [-0.1, -0.05) is 12.1 Å². The molecule has 0 atom stereocenters. The highest BCUT2D eigenvalue weighted by Crippen LogP contribution is 2.30. The molecule has 0 aliphatic rings. The second-order valence-corrected chi connectivity index (χ2v) is 3.41. The minimum Gasteiger partial charge on any atom is -0.253 e. The van der Waals surface area contributed by atoms with Gasteiger partial charge in [-0.05, 0) is 24.3 Å². The summed E-state index contributed by atoms with van der Waals surface area (Å²) in [6.07, 6.45) is -3.00. The molecule has 0 saturated carbocycles. The quantitative estimate of drug-likeness (QED) is 0.690. The van der Waals surface area contributed by atoms with Gasteiger partial charge < -0.3 is 0 Å². The Kier molecular flexibility index (Phi) is 2.83. The van der Waals surface area contributed by atoms with E-state index in [1.807, 2.05) is 0 Å². The van der Waals surface area contributed by atoms with Crippen LogP contribution in [-0.2, 0) is 6.18 Å². The second kappa shape index (κ2) is 4.16. The average Bonchev–Trinajstić information content (AvgIpc) is 2.29. The van der Waals surface area contributed by atoms with Crippen molar-refractivity contribution in [3.05, 3.63) is 54.0 Å². The first-order valence-corrected chi connectivity index (χ1v) is 4.76. The highest BCUT2D eigenvalue weighted by Gasteiger charge is 2.30. The Balaban J connectivity index is 2.40. The predicted molar refractivity (Wildman–Crippen MR) is 54.6 cm³/mol. The van der Waals surface area contributed by atoms with Gasteiger partial charge in [-0.15, -0.1) is 0 Å². The molecule has 1 aromatic carbocycles. The Morgan fingerprint density at radius 3 is 2.12 bits per heavy atom. The van der Waals surface area contributed by atoms with Crippen molar-refractivity contribution in [3.63, 3.8) is 0 Å². The fourth-order valence-corrected chi connectivity index (χ4v) is 1.42. The third-order valence-electron chi connectivity index (χ3n) is 2.24. The number of pyridine rings is 1. The summed E-state index contributed by atoms with van der Waals surface area (Å²) in [5, 5.41) is 0. The highest BCUT2D eigenvalue weighted by molar-refractivity contribution is 5.59. The van der Waals surface area contributed by atoms with Crippen molar-refractivity contribution in [2.45, 2.75) is 6.18 Å². The molecule has 2 aromatic rings. The number of hydrogen-bond acceptors (Lipinski definition) is 1. The molecule has 0 N–H and O–H groups in total. The Labute approximate surface area is 94.7 Å². The lowest BCUT2D eigenvalue weighted by Crippen LogP contribution is -2.04. The fourth-order valence-electron chi connectivity index (χ4n) is 1.42. The number of benzene rings is 1. The molecule has 1 heterocycles. The molecule has 0 bridgehead atoms. The first-order valence-electron chi connectivity index (χ1n) is 4.76. The largest absolute Gasteiger partial charge is 0.416 e. The van der Waals surface area contributed by atoms with Gasteiger partial charge in [0.1, 0.15) is 11.5 Å². The molecule has 1 nitrogen and oxygen atoms in total. The summed E-state index contributed by atoms with van der Waals surface area (Å²) >= 11 is 0. The van der Waals surface area contributed by atoms with E-state index in [4.69, 9.17) is 0 Å². The van der Waals surface area contributed by atoms with Crippen LogP contribution in [0.3, 0.4) is 0 Å². The molecule has 17 heavy (non-hydrogen) atoms. The summed E-state index contributed by atoms with van der Waals surface area (Å²) in [4.78, 5) is 3.78. The van der Waals surface area contributed by atoms with Crippen molar-refractivity contribution >= 4 is 0 Å². The lowest BCUT2D eigenvalue weighted by Gasteiger charge is -2.07. The summed E-state index contributed by atoms with van der Waals surface area (Å²) in [5.41, 5.74) is -0.407. The van der Waals surface area contributed by atoms with Gasteiger partial charge in [0.2, 0.25) is 0 Å². The van der Waals surface area contributed by atoms with Gasteiger partial charge in [0, 0.05) is 11.8 Å². The maximum Gasteiger partial charge on any atom is 0.416 e. The van der Waals surface area contributed by atoms with Crippen molar-refractivity contribution in [1.29, 1.82) is 0 Å². The van der Waals surface area contributed by atoms with Crippen molar-refractivity contribution in [1.82, 2.24) is 4.98 Å². The van der Waals surface area contributed by atoms with Crippen LogP contribution in [0.15, 0.2) is 42.6 Å². The van der Waals surface area contributed by atoms with E-state index in [2.05, 4.69) is 4.98 Å². The third-order valence-corrected chi connectivity index (χ3v) is 2.24. The molecule has 0 fully saturated rings. The fraction of sp³-hybridized carbons (Fsp3) is 0.0833. The Morgan fingerprint density at radius 1 is 0.941 bits per heavy atom. The van der Waals surface area contributed by atoms with Crippen LogP contribution in [0.25, 0.3) is 11.3 Å². The van der Waals surface area contributed by atoms with Crippen LogP contribution in [0.5, 0.6) is 0 Å². The molecule has 5 heteroatoms. The summed E-state index contributed by atoms with van der Waals surface area (Å²) in [7, 11) is 0. The SMILES string of the molecule is Fc1cccnc1-c1ccc(C(F)(F)F)cc1. The standard InChI is InChI=1S/C12H7F4N/c13-10-2-1-7-17-11(10)8-3-5-9(6-4-8)12(14,15)16/h1-7H. The zero-order chi connectivity index (χ0) is 12.5. The van der Waals surface area contributed by atoms with Crippen LogP contribution in [-0.4, -0.2) is 4.98 Å². The van der Waals surface area contributed by atoms with E-state index in [0.717, 1.165) is 12.1 Å². The van der Waals surface area contributed by atoms with Crippen LogP contribution in [0.2, 0.25) is 0 Å². The zero-order valence-electron chi connectivity index (χ0n) is 8.50. The summed E-state index contributed by atoms with van der Waals surface area (Å²) < 4.78 is 50.3. The molecule has 0 amide bonds. The predicted octanol–water partition coefficient (Wildman–Crippen LogP) is 3.91. The van der Waals surface area contributed by atoms with E-state index in [-0.39, 0.29) is 5.69 Å². The maximum atomic E-state index is 13.3. The van der Waals surface area contributed by atoms with E-state index >= 15 is 0 Å². The van der Waals surface area contributed by atoms with E-state index in [0.29, 0.717) is 5.56 Å². The first kappa shape index (κ1) is 11.6. The van der Waals surface area contributed by atoms with E-state index in [1.165, 1.54) is 30.5 Å². The monoisotopic (exact) mass is 241 g/mol. The zero-order valence-corrected chi connectivity index (χ0v) is 8.50. The van der Waals surface area contributed by atoms with Gasteiger partial charge in [0.05, 0.1) is 5.56 Å². The van der Waals surface area contributed by atoms with E-state index in [1.54, 1.807) is 0 Å². The molecule has 0 spiro atoms.